The molecule has 0 aliphatic carbocycles. The molecule has 1 unspecified atom stereocenters. The maximum Gasteiger partial charge on any atom is 0.238 e. The molecular weight excluding hydrogens is 356 g/mol. The lowest BCUT2D eigenvalue weighted by Crippen LogP contribution is -2.48. The maximum absolute atomic E-state index is 12.3. The molecule has 1 aromatic carbocycles. The second kappa shape index (κ2) is 10.2. The summed E-state index contributed by atoms with van der Waals surface area (Å²) in [6.07, 6.45) is 1.10. The molecule has 0 saturated carbocycles. The van der Waals surface area contributed by atoms with Crippen molar-refractivity contribution < 1.29 is 18.0 Å². The van der Waals surface area contributed by atoms with Gasteiger partial charge in [0.1, 0.15) is 0 Å². The van der Waals surface area contributed by atoms with Gasteiger partial charge in [-0.05, 0) is 50.9 Å². The standard InChI is InChI=1S/C17H28N4O4S/c1-12(2)21-17(23)16(9-11-19-13(3)22)20-10-8-14-4-6-15(7-5-14)26(18,24)25/h4-7,12,16,20H,8-11H2,1-3H3,(H,19,22)(H,21,23)(H2,18,24,25). The molecule has 0 heterocycles. The van der Waals surface area contributed by atoms with E-state index >= 15 is 0 Å². The SMILES string of the molecule is CC(=O)NCCC(NCCc1ccc(S(N)(=O)=O)cc1)C(=O)NC(C)C. The Balaban J connectivity index is 2.58. The second-order valence-electron chi connectivity index (χ2n) is 6.38. The smallest absolute Gasteiger partial charge is 0.238 e. The minimum atomic E-state index is -3.70. The zero-order chi connectivity index (χ0) is 19.7. The van der Waals surface area contributed by atoms with Crippen molar-refractivity contribution in [2.24, 2.45) is 5.14 Å². The van der Waals surface area contributed by atoms with Gasteiger partial charge in [-0.25, -0.2) is 13.6 Å². The summed E-state index contributed by atoms with van der Waals surface area (Å²) in [5.74, 6) is -0.252. The van der Waals surface area contributed by atoms with Gasteiger partial charge < -0.3 is 16.0 Å². The van der Waals surface area contributed by atoms with Crippen molar-refractivity contribution in [2.45, 2.75) is 50.6 Å². The lowest BCUT2D eigenvalue weighted by atomic mass is 10.1. The minimum Gasteiger partial charge on any atom is -0.356 e. The average molecular weight is 385 g/mol. The number of sulfonamides is 1. The molecule has 9 heteroatoms. The largest absolute Gasteiger partial charge is 0.356 e. The van der Waals surface area contributed by atoms with E-state index in [1.54, 1.807) is 12.1 Å². The fraction of sp³-hybridized carbons (Fsp3) is 0.529. The van der Waals surface area contributed by atoms with E-state index in [9.17, 15) is 18.0 Å². The number of primary sulfonamides is 1. The summed E-state index contributed by atoms with van der Waals surface area (Å²) in [5.41, 5.74) is 0.926. The number of nitrogens with one attached hydrogen (secondary N) is 3. The van der Waals surface area contributed by atoms with Crippen molar-refractivity contribution in [3.8, 4) is 0 Å². The Labute approximate surface area is 155 Å². The average Bonchev–Trinajstić information content (AvgIpc) is 2.52. The Kier molecular flexibility index (Phi) is 8.70. The van der Waals surface area contributed by atoms with Gasteiger partial charge in [0, 0.05) is 19.5 Å². The molecule has 8 nitrogen and oxygen atoms in total. The third kappa shape index (κ3) is 8.41. The minimum absolute atomic E-state index is 0.0262. The Hall–Kier alpha value is -1.97. The molecule has 5 N–H and O–H groups in total. The molecule has 1 aromatic rings. The van der Waals surface area contributed by atoms with Gasteiger partial charge in [-0.15, -0.1) is 0 Å². The van der Waals surface area contributed by atoms with Gasteiger partial charge in [-0.2, -0.15) is 0 Å². The van der Waals surface area contributed by atoms with Crippen LogP contribution in [0.5, 0.6) is 0 Å². The van der Waals surface area contributed by atoms with Crippen LogP contribution in [0.15, 0.2) is 29.2 Å². The van der Waals surface area contributed by atoms with Crippen LogP contribution in [0, 0.1) is 0 Å². The number of amides is 2. The number of hydrogen-bond acceptors (Lipinski definition) is 5. The lowest BCUT2D eigenvalue weighted by Gasteiger charge is -2.20. The van der Waals surface area contributed by atoms with Gasteiger partial charge in [0.25, 0.3) is 0 Å². The molecule has 0 radical (unpaired) electrons. The van der Waals surface area contributed by atoms with Crippen LogP contribution in [0.4, 0.5) is 0 Å². The third-order valence-corrected chi connectivity index (χ3v) is 4.54. The first kappa shape index (κ1) is 22.1. The molecule has 2 amide bonds. The highest BCUT2D eigenvalue weighted by molar-refractivity contribution is 7.89. The van der Waals surface area contributed by atoms with E-state index in [4.69, 9.17) is 5.14 Å². The molecule has 0 saturated heterocycles. The normalized spacial score (nSPS) is 12.7. The number of hydrogen-bond donors (Lipinski definition) is 4. The van der Waals surface area contributed by atoms with E-state index in [1.807, 2.05) is 13.8 Å². The summed E-state index contributed by atoms with van der Waals surface area (Å²) in [6.45, 7) is 6.14. The Morgan fingerprint density at radius 1 is 1.12 bits per heavy atom. The molecule has 26 heavy (non-hydrogen) atoms. The van der Waals surface area contributed by atoms with E-state index in [2.05, 4.69) is 16.0 Å². The fourth-order valence-electron chi connectivity index (χ4n) is 2.34. The van der Waals surface area contributed by atoms with Gasteiger partial charge in [-0.3, -0.25) is 9.59 Å². The molecule has 0 aromatic heterocycles. The highest BCUT2D eigenvalue weighted by Crippen LogP contribution is 2.09. The van der Waals surface area contributed by atoms with Crippen molar-refractivity contribution in [3.63, 3.8) is 0 Å². The maximum atomic E-state index is 12.3. The Morgan fingerprint density at radius 2 is 1.73 bits per heavy atom. The van der Waals surface area contributed by atoms with Crippen LogP contribution in [-0.4, -0.2) is 45.4 Å². The number of carbonyl (C=O) groups is 2. The first-order valence-electron chi connectivity index (χ1n) is 8.49. The summed E-state index contributed by atoms with van der Waals surface area (Å²) in [7, 11) is -3.70. The quantitative estimate of drug-likeness (QED) is 0.447. The van der Waals surface area contributed by atoms with Crippen LogP contribution in [0.3, 0.4) is 0 Å². The van der Waals surface area contributed by atoms with Gasteiger partial charge in [0.15, 0.2) is 0 Å². The highest BCUT2D eigenvalue weighted by Gasteiger charge is 2.18. The molecule has 146 valence electrons. The lowest BCUT2D eigenvalue weighted by molar-refractivity contribution is -0.124. The van der Waals surface area contributed by atoms with Crippen LogP contribution in [-0.2, 0) is 26.0 Å². The van der Waals surface area contributed by atoms with Gasteiger partial charge in [0.05, 0.1) is 10.9 Å². The molecule has 0 spiro atoms. The van der Waals surface area contributed by atoms with E-state index in [0.717, 1.165) is 5.56 Å². The van der Waals surface area contributed by atoms with Crippen LogP contribution in [0.2, 0.25) is 0 Å². The van der Waals surface area contributed by atoms with Crippen molar-refractivity contribution in [3.05, 3.63) is 29.8 Å². The van der Waals surface area contributed by atoms with E-state index in [1.165, 1.54) is 19.1 Å². The summed E-state index contributed by atoms with van der Waals surface area (Å²) in [4.78, 5) is 23.3. The van der Waals surface area contributed by atoms with Crippen LogP contribution in [0.25, 0.3) is 0 Å². The monoisotopic (exact) mass is 384 g/mol. The molecule has 0 aliphatic rings. The third-order valence-electron chi connectivity index (χ3n) is 3.61. The topological polar surface area (TPSA) is 130 Å². The number of rotatable bonds is 10. The zero-order valence-electron chi connectivity index (χ0n) is 15.4. The second-order valence-corrected chi connectivity index (χ2v) is 7.94. The summed E-state index contributed by atoms with van der Waals surface area (Å²) >= 11 is 0. The van der Waals surface area contributed by atoms with Crippen LogP contribution >= 0.6 is 0 Å². The van der Waals surface area contributed by atoms with Crippen molar-refractivity contribution in [1.82, 2.24) is 16.0 Å². The first-order valence-corrected chi connectivity index (χ1v) is 10.0. The van der Waals surface area contributed by atoms with E-state index < -0.39 is 16.1 Å². The highest BCUT2D eigenvalue weighted by atomic mass is 32.2. The Bertz CT molecular complexity index is 702. The molecular formula is C17H28N4O4S. The Morgan fingerprint density at radius 3 is 2.23 bits per heavy atom. The zero-order valence-corrected chi connectivity index (χ0v) is 16.2. The number of nitrogens with two attached hydrogens (primary N) is 1. The van der Waals surface area contributed by atoms with E-state index in [0.29, 0.717) is 25.9 Å². The number of carbonyl (C=O) groups excluding carboxylic acids is 2. The summed E-state index contributed by atoms with van der Waals surface area (Å²) < 4.78 is 22.5. The predicted octanol–water partition coefficient (Wildman–Crippen LogP) is -0.114. The molecule has 0 aliphatic heterocycles. The van der Waals surface area contributed by atoms with Crippen LogP contribution in [0.1, 0.15) is 32.8 Å². The summed E-state index contributed by atoms with van der Waals surface area (Å²) in [6, 6.07) is 5.92. The molecule has 1 atom stereocenters. The first-order chi connectivity index (χ1) is 12.1. The van der Waals surface area contributed by atoms with Gasteiger partial charge in [-0.1, -0.05) is 12.1 Å². The molecule has 0 bridgehead atoms. The van der Waals surface area contributed by atoms with Crippen molar-refractivity contribution >= 4 is 21.8 Å². The molecule has 1 rings (SSSR count). The fourth-order valence-corrected chi connectivity index (χ4v) is 2.86. The van der Waals surface area contributed by atoms with Gasteiger partial charge in [0.2, 0.25) is 21.8 Å². The van der Waals surface area contributed by atoms with Crippen molar-refractivity contribution in [1.29, 1.82) is 0 Å². The van der Waals surface area contributed by atoms with Gasteiger partial charge >= 0.3 is 0 Å². The molecule has 0 fully saturated rings. The van der Waals surface area contributed by atoms with Crippen LogP contribution < -0.4 is 21.1 Å². The summed E-state index contributed by atoms with van der Waals surface area (Å²) in [5, 5.41) is 13.8. The predicted molar refractivity (Wildman–Crippen MR) is 99.9 cm³/mol. The van der Waals surface area contributed by atoms with Crippen molar-refractivity contribution in [2.75, 3.05) is 13.1 Å². The number of benzene rings is 1. The van der Waals surface area contributed by atoms with E-state index in [-0.39, 0.29) is 22.8 Å².